The molecule has 0 amide bonds. The van der Waals surface area contributed by atoms with E-state index < -0.39 is 5.41 Å². The zero-order valence-electron chi connectivity index (χ0n) is 37.5. The third kappa shape index (κ3) is 5.72. The monoisotopic (exact) mass is 845 g/mol. The zero-order valence-corrected chi connectivity index (χ0v) is 37.5. The topological polar surface area (TPSA) is 29.5 Å². The van der Waals surface area contributed by atoms with Gasteiger partial charge in [0.15, 0.2) is 5.58 Å². The van der Waals surface area contributed by atoms with E-state index >= 15 is 4.39 Å². The van der Waals surface area contributed by atoms with Gasteiger partial charge in [0.1, 0.15) is 22.6 Å². The summed E-state index contributed by atoms with van der Waals surface area (Å²) in [6.07, 6.45) is 0. The molecule has 1 aliphatic rings. The fraction of sp³-hybridized carbons (Fsp3) is 0.148. The lowest BCUT2D eigenvalue weighted by Crippen LogP contribution is -2.34. The maximum Gasteiger partial charge on any atom is 0.159 e. The van der Waals surface area contributed by atoms with Crippen molar-refractivity contribution in [3.63, 3.8) is 0 Å². The van der Waals surface area contributed by atoms with Gasteiger partial charge in [0.25, 0.3) is 0 Å². The van der Waals surface area contributed by atoms with Crippen LogP contribution in [0.4, 0.5) is 21.5 Å². The summed E-state index contributed by atoms with van der Waals surface area (Å²) in [5.74, 6) is -0.328. The van der Waals surface area contributed by atoms with Crippen LogP contribution in [0.15, 0.2) is 191 Å². The molecule has 2 heterocycles. The third-order valence-electron chi connectivity index (χ3n) is 14.0. The van der Waals surface area contributed by atoms with Crippen LogP contribution < -0.4 is 4.90 Å². The number of furan rings is 2. The van der Waals surface area contributed by atoms with Crippen molar-refractivity contribution in [2.45, 2.75) is 57.8 Å². The molecular weight excluding hydrogens is 798 g/mol. The second kappa shape index (κ2) is 14.0. The van der Waals surface area contributed by atoms with Gasteiger partial charge in [0.05, 0.1) is 22.5 Å². The number of hydrogen-bond acceptors (Lipinski definition) is 3. The Labute approximate surface area is 378 Å². The van der Waals surface area contributed by atoms with Crippen molar-refractivity contribution in [3.8, 4) is 11.1 Å². The lowest BCUT2D eigenvalue weighted by Gasteiger charge is -2.43. The maximum atomic E-state index is 16.7. The summed E-state index contributed by atoms with van der Waals surface area (Å²) in [4.78, 5) is 2.06. The van der Waals surface area contributed by atoms with Crippen LogP contribution in [0.2, 0.25) is 0 Å². The van der Waals surface area contributed by atoms with Gasteiger partial charge in [-0.3, -0.25) is 0 Å². The molecule has 0 radical (unpaired) electrons. The third-order valence-corrected chi connectivity index (χ3v) is 14.0. The quantitative estimate of drug-likeness (QED) is 0.173. The molecule has 1 aliphatic carbocycles. The van der Waals surface area contributed by atoms with E-state index in [9.17, 15) is 0 Å². The number of nitrogens with zero attached hydrogens (tertiary/aromatic N) is 1. The Hall–Kier alpha value is -7.43. The highest BCUT2D eigenvalue weighted by molar-refractivity contribution is 6.21. The Kier molecular flexibility index (Phi) is 8.46. The van der Waals surface area contributed by atoms with Gasteiger partial charge in [0, 0.05) is 26.9 Å². The maximum absolute atomic E-state index is 16.7. The number of para-hydroxylation sites is 4. The molecular formula is C61H48FNO2. The van der Waals surface area contributed by atoms with E-state index in [2.05, 4.69) is 168 Å². The van der Waals surface area contributed by atoms with Crippen LogP contribution in [0.3, 0.4) is 0 Å². The molecule has 0 N–H and O–H groups in total. The standard InChI is InChI=1S/C61H48FNO2/c1-59(2,3)37-25-29-39(30-26-37)61(40-31-27-38(28-32-40)60(4,5)6)46-19-13-18-43-49(35-33-45(55(43)46)56-47(61)34-36-54-57(56)44-16-8-12-24-53(44)64-54)63(50-21-10-9-20-48(50)62)51-22-14-17-42-41-15-7-11-23-52(41)65-58(42)51/h7-36H,1-6H3. The van der Waals surface area contributed by atoms with Crippen LogP contribution in [0, 0.1) is 5.82 Å². The molecule has 3 nitrogen and oxygen atoms in total. The SMILES string of the molecule is CC(C)(C)c1ccc(C2(c3ccc(C(C)(C)C)cc3)c3ccc4oc5ccccc5c4c3-c3ccc(N(c4ccccc4F)c4cccc5c4oc4ccccc45)c4cccc2c34)cc1. The Bertz CT molecular complexity index is 3630. The second-order valence-corrected chi connectivity index (χ2v) is 19.8. The van der Waals surface area contributed by atoms with Gasteiger partial charge in [-0.25, -0.2) is 4.39 Å². The Morgan fingerprint density at radius 2 is 0.985 bits per heavy atom. The first-order valence-electron chi connectivity index (χ1n) is 22.6. The van der Waals surface area contributed by atoms with Gasteiger partial charge < -0.3 is 13.7 Å². The lowest BCUT2D eigenvalue weighted by atomic mass is 9.59. The molecule has 65 heavy (non-hydrogen) atoms. The summed E-state index contributed by atoms with van der Waals surface area (Å²) < 4.78 is 30.0. The van der Waals surface area contributed by atoms with Crippen LogP contribution in [0.1, 0.15) is 74.9 Å². The normalized spacial score (nSPS) is 13.6. The Morgan fingerprint density at radius 1 is 0.415 bits per heavy atom. The first-order valence-corrected chi connectivity index (χ1v) is 22.6. The molecule has 0 unspecified atom stereocenters. The number of anilines is 3. The summed E-state index contributed by atoms with van der Waals surface area (Å²) in [5.41, 5.74) is 13.8. The highest BCUT2D eigenvalue weighted by Crippen LogP contribution is 2.59. The van der Waals surface area contributed by atoms with Crippen molar-refractivity contribution in [3.05, 3.63) is 221 Å². The number of hydrogen-bond donors (Lipinski definition) is 0. The fourth-order valence-corrected chi connectivity index (χ4v) is 10.8. The van der Waals surface area contributed by atoms with Crippen molar-refractivity contribution in [1.82, 2.24) is 0 Å². The molecule has 9 aromatic carbocycles. The summed E-state index contributed by atoms with van der Waals surface area (Å²) in [6, 6.07) is 63.9. The van der Waals surface area contributed by atoms with Crippen molar-refractivity contribution in [1.29, 1.82) is 0 Å². The van der Waals surface area contributed by atoms with E-state index in [0.29, 0.717) is 11.3 Å². The van der Waals surface area contributed by atoms with Gasteiger partial charge in [-0.2, -0.15) is 0 Å². The molecule has 0 saturated heterocycles. The number of benzene rings is 9. The lowest BCUT2D eigenvalue weighted by molar-refractivity contribution is 0.588. The van der Waals surface area contributed by atoms with Gasteiger partial charge >= 0.3 is 0 Å². The molecule has 0 atom stereocenters. The van der Waals surface area contributed by atoms with E-state index in [1.54, 1.807) is 6.07 Å². The number of halogens is 1. The van der Waals surface area contributed by atoms with E-state index in [1.807, 2.05) is 48.5 Å². The van der Waals surface area contributed by atoms with Crippen LogP contribution in [-0.2, 0) is 16.2 Å². The summed E-state index contributed by atoms with van der Waals surface area (Å²) >= 11 is 0. The molecule has 0 fully saturated rings. The molecule has 0 bridgehead atoms. The minimum absolute atomic E-state index is 0.0349. The Morgan fingerprint density at radius 3 is 1.66 bits per heavy atom. The van der Waals surface area contributed by atoms with Crippen molar-refractivity contribution >= 4 is 71.7 Å². The fourth-order valence-electron chi connectivity index (χ4n) is 10.8. The van der Waals surface area contributed by atoms with Gasteiger partial charge in [-0.15, -0.1) is 0 Å². The number of fused-ring (bicyclic) bond motifs is 9. The van der Waals surface area contributed by atoms with Crippen LogP contribution in [0.25, 0.3) is 65.8 Å². The molecule has 0 spiro atoms. The van der Waals surface area contributed by atoms with Crippen molar-refractivity contribution < 1.29 is 13.2 Å². The molecule has 0 saturated carbocycles. The average molecular weight is 846 g/mol. The Balaban J connectivity index is 1.25. The first kappa shape index (κ1) is 39.2. The van der Waals surface area contributed by atoms with Gasteiger partial charge in [0.2, 0.25) is 0 Å². The zero-order chi connectivity index (χ0) is 44.4. The molecule has 11 aromatic rings. The molecule has 12 rings (SSSR count). The van der Waals surface area contributed by atoms with Crippen LogP contribution >= 0.6 is 0 Å². The predicted octanol–water partition coefficient (Wildman–Crippen LogP) is 17.2. The van der Waals surface area contributed by atoms with E-state index in [-0.39, 0.29) is 16.6 Å². The van der Waals surface area contributed by atoms with Gasteiger partial charge in [-0.05, 0) is 103 Å². The first-order chi connectivity index (χ1) is 31.4. The smallest absolute Gasteiger partial charge is 0.159 e. The highest BCUT2D eigenvalue weighted by atomic mass is 19.1. The molecule has 316 valence electrons. The summed E-state index contributed by atoms with van der Waals surface area (Å²) in [5, 5.41) is 6.24. The van der Waals surface area contributed by atoms with Gasteiger partial charge in [-0.1, -0.05) is 181 Å². The number of rotatable bonds is 5. The van der Waals surface area contributed by atoms with E-state index in [0.717, 1.165) is 77.1 Å². The summed E-state index contributed by atoms with van der Waals surface area (Å²) in [7, 11) is 0. The van der Waals surface area contributed by atoms with Crippen LogP contribution in [-0.4, -0.2) is 0 Å². The molecule has 2 aromatic heterocycles. The van der Waals surface area contributed by atoms with Crippen molar-refractivity contribution in [2.75, 3.05) is 4.90 Å². The second-order valence-electron chi connectivity index (χ2n) is 19.8. The van der Waals surface area contributed by atoms with E-state index in [1.165, 1.54) is 33.9 Å². The minimum atomic E-state index is -0.776. The average Bonchev–Trinajstić information content (AvgIpc) is 3.89. The highest BCUT2D eigenvalue weighted by Gasteiger charge is 2.46. The minimum Gasteiger partial charge on any atom is -0.456 e. The van der Waals surface area contributed by atoms with Crippen molar-refractivity contribution in [2.24, 2.45) is 0 Å². The van der Waals surface area contributed by atoms with E-state index in [4.69, 9.17) is 8.83 Å². The largest absolute Gasteiger partial charge is 0.456 e. The summed E-state index contributed by atoms with van der Waals surface area (Å²) in [6.45, 7) is 13.6. The molecule has 0 aliphatic heterocycles. The van der Waals surface area contributed by atoms with Crippen LogP contribution in [0.5, 0.6) is 0 Å². The predicted molar refractivity (Wildman–Crippen MR) is 268 cm³/mol. The molecule has 4 heteroatoms.